The molecule has 0 saturated carbocycles. The van der Waals surface area contributed by atoms with Crippen LogP contribution in [0, 0.1) is 0 Å². The first kappa shape index (κ1) is 75.4. The number of rotatable bonds is 23. The van der Waals surface area contributed by atoms with Crippen LogP contribution in [0.2, 0.25) is 0 Å². The zero-order valence-electron chi connectivity index (χ0n) is 59.6. The summed E-state index contributed by atoms with van der Waals surface area (Å²) in [4.78, 5) is 183. The molecule has 6 amide bonds. The van der Waals surface area contributed by atoms with Gasteiger partial charge in [-0.2, -0.15) is 0 Å². The summed E-state index contributed by atoms with van der Waals surface area (Å²) in [6.07, 6.45) is -25.7. The molecule has 28 nitrogen and oxygen atoms in total. The first-order chi connectivity index (χ1) is 55.0. The minimum atomic E-state index is -2.43. The number of imide groups is 3. The van der Waals surface area contributed by atoms with Crippen LogP contribution in [0.5, 0.6) is 0 Å². The largest absolute Gasteiger partial charge is 0.459 e. The molecule has 0 radical (unpaired) electrons. The first-order valence-electron chi connectivity index (χ1n) is 35.8. The summed E-state index contributed by atoms with van der Waals surface area (Å²) < 4.78 is 78.9. The molecular weight excluding hydrogens is 1460 g/mol. The molecule has 7 unspecified atom stereocenters. The molecule has 113 heavy (non-hydrogen) atoms. The van der Waals surface area contributed by atoms with Crippen LogP contribution in [0.4, 0.5) is 0 Å². The van der Waals surface area contributed by atoms with Crippen molar-refractivity contribution in [2.24, 2.45) is 0 Å². The fourth-order valence-corrected chi connectivity index (χ4v) is 14.5. The summed E-state index contributed by atoms with van der Waals surface area (Å²) in [7, 11) is 1.15. The second kappa shape index (κ2) is 32.9. The van der Waals surface area contributed by atoms with Gasteiger partial charge in [-0.1, -0.05) is 146 Å². The number of benzene rings is 9. The third kappa shape index (κ3) is 15.0. The summed E-state index contributed by atoms with van der Waals surface area (Å²) in [6, 6.07) is 55.3. The van der Waals surface area contributed by atoms with E-state index in [1.165, 1.54) is 194 Å². The maximum atomic E-state index is 15.9. The summed E-state index contributed by atoms with van der Waals surface area (Å²) in [5.41, 5.74) is -1.40. The second-order valence-electron chi connectivity index (χ2n) is 26.7. The van der Waals surface area contributed by atoms with E-state index in [0.29, 0.717) is 9.80 Å². The number of aliphatic hydroxyl groups is 1. The first-order valence-corrected chi connectivity index (χ1v) is 35.8. The third-order valence-electron chi connectivity index (χ3n) is 20.0. The van der Waals surface area contributed by atoms with Crippen molar-refractivity contribution in [1.29, 1.82) is 0 Å². The van der Waals surface area contributed by atoms with Gasteiger partial charge in [-0.3, -0.25) is 43.5 Å². The molecule has 3 fully saturated rings. The van der Waals surface area contributed by atoms with Gasteiger partial charge < -0.3 is 61.9 Å². The maximum absolute atomic E-state index is 15.9. The van der Waals surface area contributed by atoms with E-state index in [1.54, 1.807) is 60.7 Å². The number of carbonyl (C=O) groups excluding carboxylic acids is 12. The lowest BCUT2D eigenvalue weighted by Gasteiger charge is -2.53. The molecule has 6 heterocycles. The Bertz CT molecular complexity index is 5030. The fraction of sp³-hybridized carbons (Fsp3) is 0.224. The number of carbonyl (C=O) groups is 12. The van der Waals surface area contributed by atoms with Gasteiger partial charge in [0.15, 0.2) is 37.2 Å². The summed E-state index contributed by atoms with van der Waals surface area (Å²) in [5, 5.41) is 12.9. The molecule has 3 saturated heterocycles. The number of hydrogen-bond donors (Lipinski definition) is 1. The highest BCUT2D eigenvalue weighted by Gasteiger charge is 2.64. The number of aliphatic hydroxyl groups excluding tert-OH is 1. The quantitative estimate of drug-likeness (QED) is 0.0358. The Balaban J connectivity index is 0.935. The smallest absolute Gasteiger partial charge is 0.338 e. The molecule has 15 atom stereocenters. The van der Waals surface area contributed by atoms with Crippen LogP contribution in [0.25, 0.3) is 0 Å². The minimum Gasteiger partial charge on any atom is -0.459 e. The van der Waals surface area contributed by atoms with E-state index in [2.05, 4.69) is 0 Å². The predicted octanol–water partition coefficient (Wildman–Crippen LogP) is 8.18. The molecule has 0 bridgehead atoms. The van der Waals surface area contributed by atoms with Gasteiger partial charge in [0.1, 0.15) is 74.6 Å². The van der Waals surface area contributed by atoms with Crippen LogP contribution >= 0.6 is 0 Å². The Morgan fingerprint density at radius 1 is 0.292 bits per heavy atom. The number of methoxy groups -OCH3 is 1. The summed E-state index contributed by atoms with van der Waals surface area (Å²) >= 11 is 0. The average Bonchev–Trinajstić information content (AvgIpc) is 1.68. The lowest BCUT2D eigenvalue weighted by molar-refractivity contribution is -0.359. The molecule has 6 aliphatic heterocycles. The minimum absolute atomic E-state index is 0.0326. The van der Waals surface area contributed by atoms with Crippen molar-refractivity contribution in [3.05, 3.63) is 322 Å². The molecule has 572 valence electrons. The van der Waals surface area contributed by atoms with E-state index in [0.717, 1.165) is 12.0 Å². The molecule has 0 aliphatic carbocycles. The fourth-order valence-electron chi connectivity index (χ4n) is 14.5. The number of hydrogen-bond acceptors (Lipinski definition) is 25. The molecular formula is C85H67N3O25. The van der Waals surface area contributed by atoms with E-state index in [4.69, 9.17) is 56.8 Å². The number of esters is 6. The lowest BCUT2D eigenvalue weighted by Crippen LogP contribution is -2.72. The Morgan fingerprint density at radius 3 is 0.796 bits per heavy atom. The standard InChI is InChI=1S/C85H67N3O25/c1-102-83-63(87-73(92)55-40-22-23-41-56(55)74(87)93)69(110-81(100)51-34-16-6-17-35-51)66(60(107-83)45-104-78(97)48-28-10-3-11-29-48)113-85-64(88-75(94)57-42-24-25-43-58(57)76(88)95)70(111-82(101)52-36-18-7-19-37-52)67(61(108-85)46-105-79(98)49-30-12-4-13-31-49)112-84-62(86-71(90)53-38-20-21-39-54(53)72(86)91)68(109-80(99)50-32-14-5-15-33-50)65(89)59(106-84)44-103-77(96)47-26-8-2-9-27-47/h2-43,59-70,83-85,89H,44-46H2,1H3/t59?,60?,61?,62-,63-,64+,65+,66+,67?,68?,69?,70+,83-,84+,85?/m0/s1. The molecule has 0 spiro atoms. The Hall–Kier alpha value is -13.1. The van der Waals surface area contributed by atoms with Gasteiger partial charge in [0.05, 0.1) is 66.8 Å². The van der Waals surface area contributed by atoms with Gasteiger partial charge in [-0.25, -0.2) is 28.8 Å². The van der Waals surface area contributed by atoms with E-state index in [-0.39, 0.29) is 66.8 Å². The zero-order valence-corrected chi connectivity index (χ0v) is 59.6. The molecule has 9 aromatic carbocycles. The molecule has 1 N–H and O–H groups in total. The van der Waals surface area contributed by atoms with Crippen LogP contribution < -0.4 is 0 Å². The Labute approximate surface area is 643 Å². The summed E-state index contributed by atoms with van der Waals surface area (Å²) in [5.74, 6) is -12.6. The monoisotopic (exact) mass is 1530 g/mol. The van der Waals surface area contributed by atoms with Crippen LogP contribution in [-0.2, 0) is 56.8 Å². The zero-order chi connectivity index (χ0) is 78.6. The van der Waals surface area contributed by atoms with Crippen LogP contribution in [0.15, 0.2) is 255 Å². The van der Waals surface area contributed by atoms with Crippen molar-refractivity contribution < 1.29 is 119 Å². The molecule has 0 aromatic heterocycles. The lowest BCUT2D eigenvalue weighted by atomic mass is 9.91. The normalized spacial score (nSPS) is 25.0. The van der Waals surface area contributed by atoms with Crippen LogP contribution in [-0.4, -0.2) is 210 Å². The number of amides is 6. The average molecular weight is 1530 g/mol. The highest BCUT2D eigenvalue weighted by Crippen LogP contribution is 2.44. The van der Waals surface area contributed by atoms with Crippen molar-refractivity contribution in [3.8, 4) is 0 Å². The highest BCUT2D eigenvalue weighted by molar-refractivity contribution is 6.23. The molecule has 15 rings (SSSR count). The van der Waals surface area contributed by atoms with Gasteiger partial charge in [0.2, 0.25) is 0 Å². The number of fused-ring (bicyclic) bond motifs is 3. The topological polar surface area (TPSA) is 346 Å². The summed E-state index contributed by atoms with van der Waals surface area (Å²) in [6.45, 7) is -2.84. The highest BCUT2D eigenvalue weighted by atomic mass is 16.8. The third-order valence-corrected chi connectivity index (χ3v) is 20.0. The number of ether oxygens (including phenoxy) is 12. The van der Waals surface area contributed by atoms with Gasteiger partial charge in [-0.15, -0.1) is 0 Å². The van der Waals surface area contributed by atoms with Gasteiger partial charge in [0.25, 0.3) is 35.4 Å². The predicted molar refractivity (Wildman–Crippen MR) is 388 cm³/mol. The van der Waals surface area contributed by atoms with Gasteiger partial charge in [0, 0.05) is 7.11 Å². The SMILES string of the molecule is CO[C@H]1OC(COC(=O)c2ccccc2)[C@@H](OC2OC(COC(=O)c3ccccc3)C(O[C@H]3OC(COC(=O)c4ccccc4)[C@@H](O)C(OC(=O)c4ccccc4)[C@@H]3N3C(=O)c4ccccc4C3=O)[C@H](OC(=O)c3ccccc3)[C@H]2N2C(=O)c3ccccc3C2=O)C(OC(=O)c2ccccc2)[C@@H]1N1C(=O)c2ccccc2C1=O. The van der Waals surface area contributed by atoms with Crippen molar-refractivity contribution in [2.75, 3.05) is 26.9 Å². The van der Waals surface area contributed by atoms with Crippen LogP contribution in [0.1, 0.15) is 124 Å². The van der Waals surface area contributed by atoms with Gasteiger partial charge in [-0.05, 0) is 109 Å². The van der Waals surface area contributed by atoms with E-state index in [1.807, 2.05) is 0 Å². The van der Waals surface area contributed by atoms with E-state index in [9.17, 15) is 24.3 Å². The molecule has 28 heteroatoms. The maximum Gasteiger partial charge on any atom is 0.338 e. The number of nitrogens with zero attached hydrogens (tertiary/aromatic N) is 3. The molecule has 6 aliphatic rings. The van der Waals surface area contributed by atoms with Gasteiger partial charge >= 0.3 is 35.8 Å². The van der Waals surface area contributed by atoms with E-state index >= 15 is 38.4 Å². The van der Waals surface area contributed by atoms with Crippen molar-refractivity contribution >= 4 is 71.3 Å². The van der Waals surface area contributed by atoms with Crippen LogP contribution in [0.3, 0.4) is 0 Å². The Morgan fingerprint density at radius 2 is 0.513 bits per heavy atom. The second-order valence-corrected chi connectivity index (χ2v) is 26.7. The molecule has 9 aromatic rings. The van der Waals surface area contributed by atoms with Crippen molar-refractivity contribution in [2.45, 2.75) is 91.9 Å². The van der Waals surface area contributed by atoms with Crippen molar-refractivity contribution in [3.63, 3.8) is 0 Å². The Kier molecular flexibility index (Phi) is 21.9. The van der Waals surface area contributed by atoms with Crippen molar-refractivity contribution in [1.82, 2.24) is 14.7 Å². The van der Waals surface area contributed by atoms with E-state index < -0.39 is 183 Å².